The molecule has 0 radical (unpaired) electrons. The fraction of sp³-hybridized carbons (Fsp3) is 0.133. The van der Waals surface area contributed by atoms with E-state index in [1.807, 2.05) is 24.3 Å². The van der Waals surface area contributed by atoms with Crippen molar-refractivity contribution < 1.29 is 9.21 Å². The molecule has 1 aliphatic heterocycles. The van der Waals surface area contributed by atoms with Gasteiger partial charge in [0.25, 0.3) is 5.91 Å². The molecule has 10 heteroatoms. The summed E-state index contributed by atoms with van der Waals surface area (Å²) in [6.45, 7) is 1.89. The van der Waals surface area contributed by atoms with Gasteiger partial charge in [0.15, 0.2) is 10.8 Å². The Hall–Kier alpha value is -3.14. The molecule has 0 bridgehead atoms. The summed E-state index contributed by atoms with van der Waals surface area (Å²) < 4.78 is 5.57. The summed E-state index contributed by atoms with van der Waals surface area (Å²) in [6, 6.07) is 7.71. The van der Waals surface area contributed by atoms with Crippen LogP contribution in [0.4, 0.5) is 6.01 Å². The smallest absolute Gasteiger partial charge is 0.302 e. The maximum absolute atomic E-state index is 12.1. The van der Waals surface area contributed by atoms with E-state index in [2.05, 4.69) is 25.6 Å². The van der Waals surface area contributed by atoms with Crippen molar-refractivity contribution in [1.29, 1.82) is 5.41 Å². The number of aliphatic imine (C=N–C) groups is 2. The molecule has 0 atom stereocenters. The number of hydrogen-bond donors (Lipinski definition) is 4. The van der Waals surface area contributed by atoms with Gasteiger partial charge in [0.05, 0.1) is 17.7 Å². The predicted octanol–water partition coefficient (Wildman–Crippen LogP) is 1.65. The number of nitrogens with one attached hydrogen (secondary N) is 3. The quantitative estimate of drug-likeness (QED) is 0.483. The zero-order valence-corrected chi connectivity index (χ0v) is 14.1. The molecule has 0 fully saturated rings. The Kier molecular flexibility index (Phi) is 4.80. The molecule has 5 N–H and O–H groups in total. The number of rotatable bonds is 3. The molecule has 0 saturated heterocycles. The Morgan fingerprint density at radius 2 is 2.32 bits per heavy atom. The van der Waals surface area contributed by atoms with Crippen LogP contribution in [-0.2, 0) is 4.79 Å². The molecule has 3 rings (SSSR count). The van der Waals surface area contributed by atoms with Crippen LogP contribution in [0.3, 0.4) is 0 Å². The van der Waals surface area contributed by atoms with Gasteiger partial charge < -0.3 is 20.9 Å². The Balaban J connectivity index is 1.69. The van der Waals surface area contributed by atoms with E-state index in [0.29, 0.717) is 28.8 Å². The topological polar surface area (TPSA) is 142 Å². The highest BCUT2D eigenvalue weighted by Gasteiger charge is 2.19. The molecule has 1 aromatic carbocycles. The highest BCUT2D eigenvalue weighted by Crippen LogP contribution is 2.18. The summed E-state index contributed by atoms with van der Waals surface area (Å²) in [5.41, 5.74) is 8.94. The molecule has 128 valence electrons. The third-order valence-corrected chi connectivity index (χ3v) is 3.77. The summed E-state index contributed by atoms with van der Waals surface area (Å²) in [6.07, 6.45) is 0. The van der Waals surface area contributed by atoms with Crippen LogP contribution in [0, 0.1) is 5.41 Å². The normalized spacial score (nSPS) is 14.9. The summed E-state index contributed by atoms with van der Waals surface area (Å²) in [7, 11) is 0. The van der Waals surface area contributed by atoms with Gasteiger partial charge in [-0.1, -0.05) is 12.1 Å². The van der Waals surface area contributed by atoms with Crippen molar-refractivity contribution in [2.45, 2.75) is 6.92 Å². The van der Waals surface area contributed by atoms with Crippen LogP contribution in [-0.4, -0.2) is 34.1 Å². The highest BCUT2D eigenvalue weighted by atomic mass is 32.2. The number of fused-ring (bicyclic) bond motifs is 1. The first kappa shape index (κ1) is 16.7. The summed E-state index contributed by atoms with van der Waals surface area (Å²) in [5.74, 6) is -0.0621. The second kappa shape index (κ2) is 7.18. The molecule has 2 heterocycles. The lowest BCUT2D eigenvalue weighted by atomic mass is 10.2. The average molecular weight is 357 g/mol. The van der Waals surface area contributed by atoms with E-state index in [1.165, 1.54) is 0 Å². The largest absolute Gasteiger partial charge is 0.423 e. The fourth-order valence-electron chi connectivity index (χ4n) is 2.15. The number of hydrogen-bond acceptors (Lipinski definition) is 8. The maximum atomic E-state index is 12.1. The first-order valence-corrected chi connectivity index (χ1v) is 8.12. The van der Waals surface area contributed by atoms with Crippen LogP contribution in [0.1, 0.15) is 6.92 Å². The minimum Gasteiger partial charge on any atom is -0.423 e. The van der Waals surface area contributed by atoms with Crippen molar-refractivity contribution in [2.24, 2.45) is 15.7 Å². The molecule has 0 unspecified atom stereocenters. The van der Waals surface area contributed by atoms with Crippen molar-refractivity contribution in [3.05, 3.63) is 35.5 Å². The Morgan fingerprint density at radius 1 is 1.52 bits per heavy atom. The van der Waals surface area contributed by atoms with Crippen LogP contribution >= 0.6 is 11.8 Å². The van der Waals surface area contributed by atoms with E-state index in [4.69, 9.17) is 15.6 Å². The fourth-order valence-corrected chi connectivity index (χ4v) is 2.41. The van der Waals surface area contributed by atoms with Crippen molar-refractivity contribution in [1.82, 2.24) is 10.3 Å². The molecule has 9 nitrogen and oxygen atoms in total. The van der Waals surface area contributed by atoms with E-state index in [9.17, 15) is 4.79 Å². The molecular formula is C15H15N7O2S. The average Bonchev–Trinajstić information content (AvgIpc) is 2.97. The lowest BCUT2D eigenvalue weighted by Gasteiger charge is -2.17. The monoisotopic (exact) mass is 357 g/mol. The number of allylic oxidation sites excluding steroid dienone is 1. The van der Waals surface area contributed by atoms with Gasteiger partial charge in [-0.3, -0.25) is 10.1 Å². The number of thioether (sulfide) groups is 1. The first-order valence-electron chi connectivity index (χ1n) is 7.24. The van der Waals surface area contributed by atoms with Crippen LogP contribution in [0.2, 0.25) is 0 Å². The van der Waals surface area contributed by atoms with Gasteiger partial charge in [-0.25, -0.2) is 4.99 Å². The summed E-state index contributed by atoms with van der Waals surface area (Å²) in [4.78, 5) is 24.4. The predicted molar refractivity (Wildman–Crippen MR) is 98.8 cm³/mol. The number of amides is 1. The van der Waals surface area contributed by atoms with Crippen LogP contribution in [0.5, 0.6) is 0 Å². The maximum Gasteiger partial charge on any atom is 0.302 e. The molecular weight excluding hydrogens is 342 g/mol. The number of oxazole rings is 1. The van der Waals surface area contributed by atoms with E-state index in [-0.39, 0.29) is 11.7 Å². The van der Waals surface area contributed by atoms with Crippen LogP contribution < -0.4 is 16.4 Å². The number of guanidine groups is 1. The Labute approximate surface area is 147 Å². The van der Waals surface area contributed by atoms with Crippen molar-refractivity contribution in [3.8, 4) is 0 Å². The van der Waals surface area contributed by atoms with Gasteiger partial charge in [0, 0.05) is 5.70 Å². The molecule has 0 saturated carbocycles. The standard InChI is InChI=1S/C15H15N7O2S/c1-8-9(12(23)21-13(17)25-7-16)6-18-14(19-8)22-15-20-10-4-2-3-5-11(10)24-15/h2-5,7,16H,6H2,1H3,(H2,17,21,23)(H2,18,19,20,22). The van der Waals surface area contributed by atoms with Crippen LogP contribution in [0.25, 0.3) is 11.1 Å². The first-order chi connectivity index (χ1) is 12.1. The molecule has 2 aromatic rings. The highest BCUT2D eigenvalue weighted by molar-refractivity contribution is 8.24. The number of nitrogens with two attached hydrogens (primary N) is 1. The number of benzene rings is 1. The number of carbonyl (C=O) groups excluding carboxylic acids is 1. The number of anilines is 1. The van der Waals surface area contributed by atoms with Gasteiger partial charge in [-0.15, -0.1) is 0 Å². The number of carbonyl (C=O) groups is 1. The minimum absolute atomic E-state index is 0.0136. The van der Waals surface area contributed by atoms with Gasteiger partial charge in [0.2, 0.25) is 5.96 Å². The molecule has 0 spiro atoms. The number of aromatic nitrogens is 1. The lowest BCUT2D eigenvalue weighted by molar-refractivity contribution is -0.114. The Morgan fingerprint density at radius 3 is 3.04 bits per heavy atom. The third-order valence-electron chi connectivity index (χ3n) is 3.32. The van der Waals surface area contributed by atoms with Gasteiger partial charge in [-0.05, 0) is 30.8 Å². The minimum atomic E-state index is -0.485. The molecule has 25 heavy (non-hydrogen) atoms. The second-order valence-corrected chi connectivity index (χ2v) is 5.89. The van der Waals surface area contributed by atoms with E-state index >= 15 is 0 Å². The van der Waals surface area contributed by atoms with Gasteiger partial charge in [-0.2, -0.15) is 9.98 Å². The second-order valence-electron chi connectivity index (χ2n) is 5.00. The summed E-state index contributed by atoms with van der Waals surface area (Å²) >= 11 is 0.866. The van der Waals surface area contributed by atoms with Gasteiger partial charge >= 0.3 is 6.01 Å². The van der Waals surface area contributed by atoms with E-state index in [1.54, 1.807) is 6.92 Å². The lowest BCUT2D eigenvalue weighted by Crippen LogP contribution is -2.35. The van der Waals surface area contributed by atoms with E-state index < -0.39 is 5.91 Å². The van der Waals surface area contributed by atoms with Crippen molar-refractivity contribution in [3.63, 3.8) is 0 Å². The Bertz CT molecular complexity index is 896. The molecule has 1 aromatic heterocycles. The zero-order valence-electron chi connectivity index (χ0n) is 13.2. The van der Waals surface area contributed by atoms with Gasteiger partial charge in [0.1, 0.15) is 5.52 Å². The molecule has 1 aliphatic rings. The SMILES string of the molecule is CC1=C(C(=O)N=C(N)SC=N)CN=C(Nc2nc3ccccc3o2)N1. The van der Waals surface area contributed by atoms with Crippen molar-refractivity contribution in [2.75, 3.05) is 11.9 Å². The number of nitrogens with zero attached hydrogens (tertiary/aromatic N) is 3. The van der Waals surface area contributed by atoms with E-state index in [0.717, 1.165) is 22.8 Å². The zero-order chi connectivity index (χ0) is 17.8. The summed E-state index contributed by atoms with van der Waals surface area (Å²) in [5, 5.41) is 12.9. The number of amidine groups is 1. The number of para-hydroxylation sites is 2. The molecule has 0 aliphatic carbocycles. The molecule has 1 amide bonds. The van der Waals surface area contributed by atoms with Crippen molar-refractivity contribution >= 4 is 51.5 Å². The van der Waals surface area contributed by atoms with Crippen LogP contribution in [0.15, 0.2) is 49.9 Å². The third kappa shape index (κ3) is 3.86.